The number of rotatable bonds is 9. The van der Waals surface area contributed by atoms with Crippen LogP contribution >= 0.6 is 0 Å². The van der Waals surface area contributed by atoms with Crippen molar-refractivity contribution in [3.05, 3.63) is 218 Å². The molecule has 294 valence electrons. The molecule has 5 nitrogen and oxygen atoms in total. The van der Waals surface area contributed by atoms with Gasteiger partial charge in [-0.2, -0.15) is 0 Å². The fourth-order valence-corrected chi connectivity index (χ4v) is 9.00. The molecule has 8 aromatic carbocycles. The van der Waals surface area contributed by atoms with Crippen molar-refractivity contribution in [3.63, 3.8) is 0 Å². The summed E-state index contributed by atoms with van der Waals surface area (Å²) in [5.74, 6) is 1.87. The molecular weight excluding hydrogens is 755 g/mol. The van der Waals surface area contributed by atoms with Gasteiger partial charge in [-0.3, -0.25) is 0 Å². The Bertz CT molecular complexity index is 3350. The van der Waals surface area contributed by atoms with Crippen LogP contribution in [-0.4, -0.2) is 24.1 Å². The summed E-state index contributed by atoms with van der Waals surface area (Å²) in [7, 11) is 0. The minimum atomic E-state index is 0.609. The third-order valence-corrected chi connectivity index (χ3v) is 11.8. The highest BCUT2D eigenvalue weighted by Gasteiger charge is 2.25. The van der Waals surface area contributed by atoms with Gasteiger partial charge in [-0.1, -0.05) is 188 Å². The van der Waals surface area contributed by atoms with Crippen LogP contribution in [0, 0.1) is 0 Å². The van der Waals surface area contributed by atoms with Crippen LogP contribution in [0.2, 0.25) is 0 Å². The number of allylic oxidation sites excluding steroid dienone is 4. The van der Waals surface area contributed by atoms with Crippen molar-refractivity contribution in [3.8, 4) is 62.1 Å². The van der Waals surface area contributed by atoms with E-state index >= 15 is 0 Å². The first-order valence-electron chi connectivity index (χ1n) is 21.1. The van der Waals surface area contributed by atoms with Crippen LogP contribution in [0.4, 0.5) is 0 Å². The molecule has 0 aliphatic rings. The van der Waals surface area contributed by atoms with E-state index in [1.807, 2.05) is 36.4 Å². The van der Waals surface area contributed by atoms with Crippen LogP contribution in [0.25, 0.3) is 106 Å². The summed E-state index contributed by atoms with van der Waals surface area (Å²) in [5, 5.41) is 4.93. The Hall–Kier alpha value is -8.15. The Morgan fingerprint density at radius 3 is 1.47 bits per heavy atom. The lowest BCUT2D eigenvalue weighted by atomic mass is 9.92. The SMILES string of the molecule is C/C=C\C=C/Cn1c2ccccc2c2ccc3c(c4ccccc4n3-c3c(-c4ccccc4)cc(-c4nc(-c5ccccc5)nc(-c5ccccc5)n4)cc3-c3ccccc3)c21. The molecule has 0 aliphatic carbocycles. The van der Waals surface area contributed by atoms with Crippen LogP contribution < -0.4 is 0 Å². The summed E-state index contributed by atoms with van der Waals surface area (Å²) in [6, 6.07) is 68.7. The van der Waals surface area contributed by atoms with Crippen molar-refractivity contribution in [1.29, 1.82) is 0 Å². The third-order valence-electron chi connectivity index (χ3n) is 11.8. The molecular formula is C57H41N5. The van der Waals surface area contributed by atoms with E-state index in [1.54, 1.807) is 0 Å². The summed E-state index contributed by atoms with van der Waals surface area (Å²) in [6.07, 6.45) is 8.55. The van der Waals surface area contributed by atoms with Crippen LogP contribution in [0.3, 0.4) is 0 Å². The second kappa shape index (κ2) is 15.8. The van der Waals surface area contributed by atoms with Gasteiger partial charge in [0.1, 0.15) is 0 Å². The zero-order chi connectivity index (χ0) is 41.4. The molecule has 11 rings (SSSR count). The van der Waals surface area contributed by atoms with Crippen LogP contribution in [0.15, 0.2) is 218 Å². The third kappa shape index (κ3) is 6.39. The van der Waals surface area contributed by atoms with E-state index < -0.39 is 0 Å². The maximum Gasteiger partial charge on any atom is 0.164 e. The first-order chi connectivity index (χ1) is 30.7. The van der Waals surface area contributed by atoms with Gasteiger partial charge in [0.15, 0.2) is 17.5 Å². The Kier molecular flexibility index (Phi) is 9.40. The Balaban J connectivity index is 1.26. The molecule has 0 atom stereocenters. The fraction of sp³-hybridized carbons (Fsp3) is 0.0351. The first-order valence-corrected chi connectivity index (χ1v) is 21.1. The maximum absolute atomic E-state index is 5.22. The fourth-order valence-electron chi connectivity index (χ4n) is 9.00. The quantitative estimate of drug-likeness (QED) is 0.137. The minimum absolute atomic E-state index is 0.609. The van der Waals surface area contributed by atoms with Crippen molar-refractivity contribution in [2.45, 2.75) is 13.5 Å². The summed E-state index contributed by atoms with van der Waals surface area (Å²) in [4.78, 5) is 15.5. The lowest BCUT2D eigenvalue weighted by Crippen LogP contribution is -2.04. The monoisotopic (exact) mass is 795 g/mol. The van der Waals surface area contributed by atoms with Gasteiger partial charge >= 0.3 is 0 Å². The predicted molar refractivity (Wildman–Crippen MR) is 258 cm³/mol. The molecule has 0 unspecified atom stereocenters. The molecule has 3 heterocycles. The van der Waals surface area contributed by atoms with Gasteiger partial charge in [0.05, 0.1) is 22.2 Å². The summed E-state index contributed by atoms with van der Waals surface area (Å²) >= 11 is 0. The van der Waals surface area contributed by atoms with E-state index in [1.165, 1.54) is 32.6 Å². The molecule has 5 heteroatoms. The summed E-state index contributed by atoms with van der Waals surface area (Å²) < 4.78 is 4.98. The molecule has 0 bridgehead atoms. The highest BCUT2D eigenvalue weighted by Crippen LogP contribution is 2.46. The Morgan fingerprint density at radius 1 is 0.419 bits per heavy atom. The van der Waals surface area contributed by atoms with E-state index in [0.717, 1.165) is 62.2 Å². The predicted octanol–water partition coefficient (Wildman–Crippen LogP) is 14.5. The molecule has 0 saturated heterocycles. The number of benzene rings is 8. The summed E-state index contributed by atoms with van der Waals surface area (Å²) in [6.45, 7) is 2.80. The highest BCUT2D eigenvalue weighted by molar-refractivity contribution is 6.26. The first kappa shape index (κ1) is 36.9. The van der Waals surface area contributed by atoms with Gasteiger partial charge < -0.3 is 9.13 Å². The maximum atomic E-state index is 5.22. The topological polar surface area (TPSA) is 48.5 Å². The lowest BCUT2D eigenvalue weighted by Gasteiger charge is -2.21. The van der Waals surface area contributed by atoms with Gasteiger partial charge in [-0.15, -0.1) is 0 Å². The van der Waals surface area contributed by atoms with Crippen molar-refractivity contribution in [1.82, 2.24) is 24.1 Å². The molecule has 0 aliphatic heterocycles. The van der Waals surface area contributed by atoms with Gasteiger partial charge in [0, 0.05) is 61.4 Å². The Morgan fingerprint density at radius 2 is 0.903 bits per heavy atom. The smallest absolute Gasteiger partial charge is 0.164 e. The molecule has 0 radical (unpaired) electrons. The van der Waals surface area contributed by atoms with E-state index in [-0.39, 0.29) is 0 Å². The van der Waals surface area contributed by atoms with E-state index in [4.69, 9.17) is 15.0 Å². The van der Waals surface area contributed by atoms with Gasteiger partial charge in [-0.25, -0.2) is 15.0 Å². The van der Waals surface area contributed by atoms with Crippen LogP contribution in [0.1, 0.15) is 6.92 Å². The average Bonchev–Trinajstić information content (AvgIpc) is 3.85. The van der Waals surface area contributed by atoms with Crippen molar-refractivity contribution in [2.75, 3.05) is 0 Å². The molecule has 0 spiro atoms. The second-order valence-corrected chi connectivity index (χ2v) is 15.5. The molecule has 11 aromatic rings. The van der Waals surface area contributed by atoms with Crippen LogP contribution in [-0.2, 0) is 6.54 Å². The van der Waals surface area contributed by atoms with Crippen molar-refractivity contribution < 1.29 is 0 Å². The number of nitrogens with zero attached hydrogens (tertiary/aromatic N) is 5. The minimum Gasteiger partial charge on any atom is -0.336 e. The second-order valence-electron chi connectivity index (χ2n) is 15.5. The van der Waals surface area contributed by atoms with Gasteiger partial charge in [-0.05, 0) is 48.4 Å². The molecule has 62 heavy (non-hydrogen) atoms. The number of fused-ring (bicyclic) bond motifs is 7. The normalized spacial score (nSPS) is 11.9. The van der Waals surface area contributed by atoms with E-state index in [2.05, 4.69) is 198 Å². The molecule has 0 saturated carbocycles. The zero-order valence-corrected chi connectivity index (χ0v) is 34.2. The number of aromatic nitrogens is 5. The van der Waals surface area contributed by atoms with Crippen molar-refractivity contribution in [2.24, 2.45) is 0 Å². The van der Waals surface area contributed by atoms with Crippen molar-refractivity contribution >= 4 is 43.6 Å². The highest BCUT2D eigenvalue weighted by atomic mass is 15.0. The van der Waals surface area contributed by atoms with Gasteiger partial charge in [0.2, 0.25) is 0 Å². The summed E-state index contributed by atoms with van der Waals surface area (Å²) in [5.41, 5.74) is 12.9. The zero-order valence-electron chi connectivity index (χ0n) is 34.2. The van der Waals surface area contributed by atoms with Gasteiger partial charge in [0.25, 0.3) is 0 Å². The standard InChI is InChI=1S/C57H41N5/c1-2-3-4-21-36-61-49-32-19-17-30-44(49)45-34-35-51-52(54(45)61)46-31-18-20-33-50(46)62(51)53-47(39-22-9-5-10-23-39)37-43(38-48(53)40-24-11-6-12-25-40)57-59-55(41-26-13-7-14-27-41)58-56(60-57)42-28-15-8-16-29-42/h2-35,37-38H,36H2,1H3/b3-2-,21-4-. The molecule has 3 aromatic heterocycles. The lowest BCUT2D eigenvalue weighted by molar-refractivity contribution is 0.902. The molecule has 0 N–H and O–H groups in total. The molecule has 0 fully saturated rings. The molecule has 0 amide bonds. The number of hydrogen-bond donors (Lipinski definition) is 0. The number of para-hydroxylation sites is 2. The Labute approximate surface area is 360 Å². The van der Waals surface area contributed by atoms with E-state index in [9.17, 15) is 0 Å². The average molecular weight is 796 g/mol. The van der Waals surface area contributed by atoms with E-state index in [0.29, 0.717) is 17.5 Å². The number of hydrogen-bond acceptors (Lipinski definition) is 3. The van der Waals surface area contributed by atoms with Crippen LogP contribution in [0.5, 0.6) is 0 Å². The largest absolute Gasteiger partial charge is 0.336 e.